The third-order valence-electron chi connectivity index (χ3n) is 16.6. The van der Waals surface area contributed by atoms with Crippen LogP contribution in [0.15, 0.2) is 59.5 Å². The number of halogens is 2. The Morgan fingerprint density at radius 1 is 0.551 bits per heavy atom. The van der Waals surface area contributed by atoms with Gasteiger partial charge in [-0.05, 0) is 179 Å². The van der Waals surface area contributed by atoms with E-state index >= 15 is 0 Å². The molecule has 2 N–H and O–H groups in total. The fourth-order valence-corrected chi connectivity index (χ4v) is 11.3. The number of nitrogens with two attached hydrogens (primary N) is 1. The van der Waals surface area contributed by atoms with E-state index in [1.165, 1.54) is 75.4 Å². The van der Waals surface area contributed by atoms with Crippen LogP contribution >= 0.6 is 15.9 Å². The van der Waals surface area contributed by atoms with Crippen LogP contribution in [0, 0.1) is 20.2 Å². The van der Waals surface area contributed by atoms with E-state index in [2.05, 4.69) is 40.7 Å². The number of nitro groups is 2. The molecule has 3 aromatic heterocycles. The van der Waals surface area contributed by atoms with Gasteiger partial charge in [-0.25, -0.2) is 14.6 Å². The van der Waals surface area contributed by atoms with Crippen molar-refractivity contribution >= 4 is 72.7 Å². The zero-order valence-electron chi connectivity index (χ0n) is 53.7. The van der Waals surface area contributed by atoms with Gasteiger partial charge in [-0.1, -0.05) is 19.3 Å². The highest BCUT2D eigenvalue weighted by Crippen LogP contribution is 2.41. The summed E-state index contributed by atoms with van der Waals surface area (Å²) in [5.74, 6) is 0.571. The van der Waals surface area contributed by atoms with Crippen molar-refractivity contribution in [1.82, 2.24) is 24.8 Å². The number of likely N-dealkylation sites (tertiary alicyclic amines) is 2. The number of pyridine rings is 3. The van der Waals surface area contributed by atoms with E-state index in [1.54, 1.807) is 46.9 Å². The smallest absolute Gasteiger partial charge is 0.410 e. The molecule has 8 aliphatic heterocycles. The van der Waals surface area contributed by atoms with Crippen molar-refractivity contribution in [2.75, 3.05) is 113 Å². The summed E-state index contributed by atoms with van der Waals surface area (Å²) in [6.45, 7) is 21.4. The van der Waals surface area contributed by atoms with Crippen molar-refractivity contribution in [2.45, 2.75) is 184 Å². The summed E-state index contributed by atoms with van der Waals surface area (Å²) < 4.78 is 44.0. The standard InChI is InChI=1S/C12H15N3O3.C12H17N3O.C12H21NO3.C10H17NO3.C8H14O.C5H3BrN2O2.C3H9OS.HI/c16-15(17)11-2-1-10(9-13-11)14-6-3-12(4-7-14)5-8-18-12;13-11-2-1-10(9-14-11)15-6-3-12(4-7-15)5-8-16-12;1-11(2,3)16-10(14)13-7-4-12(5-8-13)6-9-15-12;1-10(2,3)14-9(13)11-6-4-8(12)5-7-11;1-2-4-8(5-3-1)6-7-9-8;6-4-1-2-5(7-3-4)8(9)10;1-5(2,3)4;/h1-2,9H,3-8H2;1-2,9H,3-8H2,(H2,13,14);4-9H2,1-3H3;4-7H2,1-3H3;1-7H2;1-3H;1-3H3;1H/q;;;;;;+1;/p-1. The molecule has 498 valence electrons. The number of Topliss-reactive ketones (excluding diaryl/α,β-unsaturated/α-hetero) is 1. The van der Waals surface area contributed by atoms with E-state index in [-0.39, 0.29) is 70.4 Å². The lowest BCUT2D eigenvalue weighted by Gasteiger charge is -2.48. The van der Waals surface area contributed by atoms with Crippen LogP contribution in [0.25, 0.3) is 0 Å². The first-order valence-corrected chi connectivity index (χ1v) is 34.4. The van der Waals surface area contributed by atoms with Crippen LogP contribution < -0.4 is 39.5 Å². The maximum Gasteiger partial charge on any atom is 0.410 e. The van der Waals surface area contributed by atoms with Crippen LogP contribution in [0.3, 0.4) is 0 Å². The van der Waals surface area contributed by atoms with E-state index in [0.717, 1.165) is 121 Å². The summed E-state index contributed by atoms with van der Waals surface area (Å²) in [6.07, 6.45) is 28.4. The van der Waals surface area contributed by atoms with Crippen LogP contribution in [0.1, 0.15) is 151 Å². The third kappa shape index (κ3) is 25.2. The van der Waals surface area contributed by atoms with Gasteiger partial charge < -0.3 is 98.0 Å². The highest BCUT2D eigenvalue weighted by Gasteiger charge is 2.44. The predicted octanol–water partition coefficient (Wildman–Crippen LogP) is 8.18. The Kier molecular flexibility index (Phi) is 28.2. The number of ketones is 1. The van der Waals surface area contributed by atoms with Crippen molar-refractivity contribution in [3.63, 3.8) is 0 Å². The third-order valence-corrected chi connectivity index (χ3v) is 17.1. The molecule has 3 aromatic rings. The molecular weight excluding hydrogens is 1350 g/mol. The number of nitrogen functional groups attached to an aromatic ring is 1. The van der Waals surface area contributed by atoms with Gasteiger partial charge in [-0.2, -0.15) is 0 Å². The fourth-order valence-electron chi connectivity index (χ4n) is 11.1. The minimum absolute atomic E-state index is 0. The second-order valence-corrected chi connectivity index (χ2v) is 30.9. The molecule has 8 saturated heterocycles. The summed E-state index contributed by atoms with van der Waals surface area (Å²) in [4.78, 5) is 73.3. The SMILES string of the molecule is C1CCC2(CC1)CCO2.CC(C)(C)OC(=O)N1CCC(=O)CC1.CC(C)(C)OC(=O)N1CCC2(CCO2)CC1.C[S+](C)(C)=O.Nc1ccc(N2CCC3(CCO3)CC2)cn1.O=[N+]([O-])c1ccc(Br)cn1.O=[N+]([O-])c1ccc(N2CCC3(CCO3)CC2)cn1.[I-]. The molecule has 0 aromatic carbocycles. The Balaban J connectivity index is 0.000000193. The summed E-state index contributed by atoms with van der Waals surface area (Å²) in [6, 6.07) is 10.0. The molecule has 11 heterocycles. The normalized spacial score (nSPS) is 20.7. The summed E-state index contributed by atoms with van der Waals surface area (Å²) in [7, 11) is -1.42. The number of hydrogen-bond donors (Lipinski definition) is 1. The number of hydrogen-bond acceptors (Lipinski definition) is 20. The molecule has 24 nitrogen and oxygen atoms in total. The molecule has 12 rings (SSSR count). The number of piperidine rings is 4. The summed E-state index contributed by atoms with van der Waals surface area (Å²) in [5.41, 5.74) is 7.69. The lowest BCUT2D eigenvalue weighted by Crippen LogP contribution is -3.00. The Morgan fingerprint density at radius 2 is 0.888 bits per heavy atom. The van der Waals surface area contributed by atoms with Gasteiger partial charge in [-0.3, -0.25) is 4.79 Å². The van der Waals surface area contributed by atoms with Crippen molar-refractivity contribution in [1.29, 1.82) is 0 Å². The van der Waals surface area contributed by atoms with Crippen molar-refractivity contribution < 1.29 is 80.8 Å². The second-order valence-electron chi connectivity index (χ2n) is 26.5. The molecule has 1 saturated carbocycles. The van der Waals surface area contributed by atoms with Gasteiger partial charge in [-0.15, -0.1) is 4.21 Å². The number of ether oxygens (including phenoxy) is 6. The van der Waals surface area contributed by atoms with Crippen molar-refractivity contribution in [3.05, 3.63) is 79.7 Å². The Morgan fingerprint density at radius 3 is 1.18 bits per heavy atom. The Labute approximate surface area is 552 Å². The van der Waals surface area contributed by atoms with E-state index in [9.17, 15) is 38.8 Å². The van der Waals surface area contributed by atoms with E-state index in [1.807, 2.05) is 59.9 Å². The average molecular weight is 1440 g/mol. The van der Waals surface area contributed by atoms with Gasteiger partial charge in [0.1, 0.15) is 41.6 Å². The van der Waals surface area contributed by atoms with Gasteiger partial charge in [0.15, 0.2) is 12.4 Å². The van der Waals surface area contributed by atoms with Crippen LogP contribution in [0.2, 0.25) is 0 Å². The molecule has 9 aliphatic rings. The molecule has 0 radical (unpaired) electrons. The lowest BCUT2D eigenvalue weighted by atomic mass is 9.79. The maximum absolute atomic E-state index is 11.8. The second kappa shape index (κ2) is 33.6. The topological polar surface area (TPSA) is 288 Å². The monoisotopic (exact) mass is 1440 g/mol. The minimum Gasteiger partial charge on any atom is -1.00 e. The first kappa shape index (κ1) is 74.8. The van der Waals surface area contributed by atoms with Gasteiger partial charge in [0.2, 0.25) is 0 Å². The fraction of sp³-hybridized carbons (Fsp3) is 0.710. The highest BCUT2D eigenvalue weighted by atomic mass is 127. The van der Waals surface area contributed by atoms with Gasteiger partial charge in [0.05, 0.1) is 80.8 Å². The molecule has 9 fully saturated rings. The number of carbonyl (C=O) groups excluding carboxylic acids is 3. The first-order valence-electron chi connectivity index (χ1n) is 30.9. The Hall–Kier alpha value is -4.94. The van der Waals surface area contributed by atoms with Crippen LogP contribution in [0.5, 0.6) is 0 Å². The van der Waals surface area contributed by atoms with E-state index in [0.29, 0.717) is 37.4 Å². The number of amides is 2. The van der Waals surface area contributed by atoms with Crippen molar-refractivity contribution in [3.8, 4) is 0 Å². The number of aromatic nitrogens is 3. The maximum atomic E-state index is 11.8. The van der Waals surface area contributed by atoms with E-state index in [4.69, 9.17) is 34.2 Å². The largest absolute Gasteiger partial charge is 1.00 e. The predicted molar refractivity (Wildman–Crippen MR) is 342 cm³/mol. The van der Waals surface area contributed by atoms with Crippen LogP contribution in [-0.2, 0) is 47.4 Å². The molecule has 27 heteroatoms. The molecule has 0 bridgehead atoms. The molecule has 2 amide bonds. The zero-order valence-corrected chi connectivity index (χ0v) is 58.2. The summed E-state index contributed by atoms with van der Waals surface area (Å²) in [5, 5.41) is 20.6. The highest BCUT2D eigenvalue weighted by molar-refractivity contribution is 9.10. The zero-order chi connectivity index (χ0) is 64.4. The number of rotatable bonds is 4. The molecule has 89 heavy (non-hydrogen) atoms. The average Bonchev–Trinajstić information content (AvgIpc) is 0.954. The molecule has 1 aliphatic carbocycles. The Bertz CT molecular complexity index is 2730. The van der Waals surface area contributed by atoms with Gasteiger partial charge >= 0.3 is 23.8 Å². The van der Waals surface area contributed by atoms with E-state index < -0.39 is 31.0 Å². The molecular formula is C62H96BrIN10O14S. The quantitative estimate of drug-likeness (QED) is 0.111. The first-order chi connectivity index (χ1) is 41.4. The number of anilines is 3. The number of nitrogens with zero attached hydrogens (tertiary/aromatic N) is 9. The van der Waals surface area contributed by atoms with Crippen molar-refractivity contribution in [2.24, 2.45) is 0 Å². The molecule has 0 atom stereocenters. The number of carbonyl (C=O) groups is 3. The van der Waals surface area contributed by atoms with Crippen LogP contribution in [0.4, 0.5) is 38.4 Å². The molecule has 4 spiro atoms. The lowest BCUT2D eigenvalue weighted by molar-refractivity contribution is -0.389. The van der Waals surface area contributed by atoms with Gasteiger partial charge in [0, 0.05) is 77.3 Å². The summed E-state index contributed by atoms with van der Waals surface area (Å²) >= 11 is 3.11. The van der Waals surface area contributed by atoms with Crippen LogP contribution in [-0.4, -0.2) is 184 Å². The minimum atomic E-state index is -1.42. The van der Waals surface area contributed by atoms with Gasteiger partial charge in [0.25, 0.3) is 0 Å². The molecule has 0 unspecified atom stereocenters.